The predicted molar refractivity (Wildman–Crippen MR) is 73.1 cm³/mol. The predicted octanol–water partition coefficient (Wildman–Crippen LogP) is 2.28. The average molecular weight is 263 g/mol. The Morgan fingerprint density at radius 2 is 2.21 bits per heavy atom. The smallest absolute Gasteiger partial charge is 0.332 e. The molecule has 2 N–H and O–H groups in total. The molecule has 104 valence electrons. The summed E-state index contributed by atoms with van der Waals surface area (Å²) in [5.74, 6) is -0.852. The number of carboxylic acids is 1. The molecule has 0 radical (unpaired) electrons. The standard InChI is InChI=1S/C15H21NO3/c1-10-5-3-4-6-13(10)11(2)16-9-12-7-8-14(19-12)15(17)18/h3-6,11-12,14,16H,7-9H2,1-2H3,(H,17,18). The zero-order valence-electron chi connectivity index (χ0n) is 11.4. The maximum Gasteiger partial charge on any atom is 0.332 e. The van der Waals surface area contributed by atoms with Crippen molar-refractivity contribution in [2.24, 2.45) is 0 Å². The van der Waals surface area contributed by atoms with E-state index >= 15 is 0 Å². The Kier molecular flexibility index (Phi) is 4.56. The molecule has 1 fully saturated rings. The summed E-state index contributed by atoms with van der Waals surface area (Å²) in [5.41, 5.74) is 2.54. The quantitative estimate of drug-likeness (QED) is 0.855. The van der Waals surface area contributed by atoms with Crippen LogP contribution in [0.2, 0.25) is 0 Å². The molecule has 4 nitrogen and oxygen atoms in total. The van der Waals surface area contributed by atoms with Gasteiger partial charge < -0.3 is 15.2 Å². The van der Waals surface area contributed by atoms with Crippen LogP contribution in [0, 0.1) is 6.92 Å². The van der Waals surface area contributed by atoms with Crippen molar-refractivity contribution in [3.8, 4) is 0 Å². The lowest BCUT2D eigenvalue weighted by Crippen LogP contribution is -2.30. The van der Waals surface area contributed by atoms with Crippen molar-refractivity contribution < 1.29 is 14.6 Å². The first-order valence-corrected chi connectivity index (χ1v) is 6.75. The number of aliphatic carboxylic acids is 1. The molecule has 1 aromatic rings. The van der Waals surface area contributed by atoms with Crippen molar-refractivity contribution in [1.82, 2.24) is 5.32 Å². The minimum atomic E-state index is -0.852. The van der Waals surface area contributed by atoms with E-state index < -0.39 is 12.1 Å². The van der Waals surface area contributed by atoms with Crippen LogP contribution in [0.1, 0.15) is 36.9 Å². The van der Waals surface area contributed by atoms with Crippen LogP contribution in [0.3, 0.4) is 0 Å². The van der Waals surface area contributed by atoms with Gasteiger partial charge in [-0.3, -0.25) is 0 Å². The van der Waals surface area contributed by atoms with Gasteiger partial charge in [0.2, 0.25) is 0 Å². The van der Waals surface area contributed by atoms with Crippen molar-refractivity contribution in [3.63, 3.8) is 0 Å². The van der Waals surface area contributed by atoms with E-state index in [4.69, 9.17) is 9.84 Å². The molecule has 3 unspecified atom stereocenters. The van der Waals surface area contributed by atoms with Gasteiger partial charge in [-0.15, -0.1) is 0 Å². The number of hydrogen-bond donors (Lipinski definition) is 2. The number of ether oxygens (including phenoxy) is 1. The summed E-state index contributed by atoms with van der Waals surface area (Å²) in [5, 5.41) is 12.3. The number of benzene rings is 1. The second-order valence-electron chi connectivity index (χ2n) is 5.15. The third kappa shape index (κ3) is 3.55. The summed E-state index contributed by atoms with van der Waals surface area (Å²) < 4.78 is 5.48. The minimum absolute atomic E-state index is 0.00701. The number of carbonyl (C=O) groups is 1. The van der Waals surface area contributed by atoms with E-state index in [0.29, 0.717) is 13.0 Å². The molecule has 1 heterocycles. The summed E-state index contributed by atoms with van der Waals surface area (Å²) in [6, 6.07) is 8.52. The van der Waals surface area contributed by atoms with E-state index in [1.165, 1.54) is 11.1 Å². The van der Waals surface area contributed by atoms with Crippen LogP contribution in [0.4, 0.5) is 0 Å². The van der Waals surface area contributed by atoms with Crippen LogP contribution in [-0.2, 0) is 9.53 Å². The van der Waals surface area contributed by atoms with E-state index in [9.17, 15) is 4.79 Å². The molecule has 0 bridgehead atoms. The molecule has 1 saturated heterocycles. The van der Waals surface area contributed by atoms with Gasteiger partial charge in [-0.25, -0.2) is 4.79 Å². The molecule has 3 atom stereocenters. The van der Waals surface area contributed by atoms with Crippen molar-refractivity contribution in [2.45, 2.75) is 44.9 Å². The molecular weight excluding hydrogens is 242 g/mol. The molecule has 1 aromatic carbocycles. The van der Waals surface area contributed by atoms with E-state index in [1.54, 1.807) is 0 Å². The second kappa shape index (κ2) is 6.17. The first-order chi connectivity index (χ1) is 9.08. The van der Waals surface area contributed by atoms with Gasteiger partial charge in [-0.05, 0) is 37.8 Å². The fraction of sp³-hybridized carbons (Fsp3) is 0.533. The van der Waals surface area contributed by atoms with Gasteiger partial charge in [0.15, 0.2) is 6.10 Å². The van der Waals surface area contributed by atoms with Gasteiger partial charge in [0, 0.05) is 12.6 Å². The summed E-state index contributed by atoms with van der Waals surface area (Å²) in [7, 11) is 0. The minimum Gasteiger partial charge on any atom is -0.479 e. The lowest BCUT2D eigenvalue weighted by Gasteiger charge is -2.19. The van der Waals surface area contributed by atoms with Gasteiger partial charge >= 0.3 is 5.97 Å². The number of aryl methyl sites for hydroxylation is 1. The van der Waals surface area contributed by atoms with Crippen LogP contribution in [0.25, 0.3) is 0 Å². The highest BCUT2D eigenvalue weighted by molar-refractivity contribution is 5.72. The van der Waals surface area contributed by atoms with E-state index in [-0.39, 0.29) is 12.1 Å². The fourth-order valence-corrected chi connectivity index (χ4v) is 2.53. The lowest BCUT2D eigenvalue weighted by molar-refractivity contribution is -0.149. The molecule has 0 spiro atoms. The largest absolute Gasteiger partial charge is 0.479 e. The maximum atomic E-state index is 10.8. The Labute approximate surface area is 113 Å². The Hall–Kier alpha value is -1.39. The monoisotopic (exact) mass is 263 g/mol. The zero-order valence-corrected chi connectivity index (χ0v) is 11.4. The Balaban J connectivity index is 1.83. The maximum absolute atomic E-state index is 10.8. The third-order valence-electron chi connectivity index (χ3n) is 3.69. The molecule has 0 amide bonds. The fourth-order valence-electron chi connectivity index (χ4n) is 2.53. The summed E-state index contributed by atoms with van der Waals surface area (Å²) >= 11 is 0. The van der Waals surface area contributed by atoms with Crippen molar-refractivity contribution in [2.75, 3.05) is 6.54 Å². The molecule has 1 aliphatic heterocycles. The van der Waals surface area contributed by atoms with E-state index in [0.717, 1.165) is 6.42 Å². The highest BCUT2D eigenvalue weighted by Gasteiger charge is 2.30. The van der Waals surface area contributed by atoms with E-state index in [2.05, 4.69) is 31.3 Å². The van der Waals surface area contributed by atoms with Crippen LogP contribution in [0.5, 0.6) is 0 Å². The molecule has 0 aromatic heterocycles. The Morgan fingerprint density at radius 1 is 1.47 bits per heavy atom. The average Bonchev–Trinajstić information content (AvgIpc) is 2.85. The SMILES string of the molecule is Cc1ccccc1C(C)NCC1CCC(C(=O)O)O1. The van der Waals surface area contributed by atoms with Gasteiger partial charge in [-0.1, -0.05) is 24.3 Å². The Bertz CT molecular complexity index is 447. The van der Waals surface area contributed by atoms with Gasteiger partial charge in [0.05, 0.1) is 6.10 Å². The highest BCUT2D eigenvalue weighted by Crippen LogP contribution is 2.21. The normalized spacial score (nSPS) is 24.3. The number of nitrogens with one attached hydrogen (secondary N) is 1. The number of carboxylic acid groups (broad SMARTS) is 1. The Morgan fingerprint density at radius 3 is 2.84 bits per heavy atom. The summed E-state index contributed by atoms with van der Waals surface area (Å²) in [6.07, 6.45) is 0.804. The molecule has 1 aliphatic rings. The first kappa shape index (κ1) is 14.0. The van der Waals surface area contributed by atoms with Crippen LogP contribution in [-0.4, -0.2) is 29.8 Å². The van der Waals surface area contributed by atoms with Gasteiger partial charge in [0.25, 0.3) is 0 Å². The van der Waals surface area contributed by atoms with Gasteiger partial charge in [0.1, 0.15) is 0 Å². The summed E-state index contributed by atoms with van der Waals surface area (Å²) in [6.45, 7) is 4.91. The highest BCUT2D eigenvalue weighted by atomic mass is 16.5. The molecular formula is C15H21NO3. The second-order valence-corrected chi connectivity index (χ2v) is 5.15. The molecule has 19 heavy (non-hydrogen) atoms. The van der Waals surface area contributed by atoms with Gasteiger partial charge in [-0.2, -0.15) is 0 Å². The van der Waals surface area contributed by atoms with E-state index in [1.807, 2.05) is 12.1 Å². The topological polar surface area (TPSA) is 58.6 Å². The molecule has 0 saturated carbocycles. The third-order valence-corrected chi connectivity index (χ3v) is 3.69. The lowest BCUT2D eigenvalue weighted by atomic mass is 10.0. The van der Waals surface area contributed by atoms with Crippen LogP contribution >= 0.6 is 0 Å². The molecule has 0 aliphatic carbocycles. The van der Waals surface area contributed by atoms with Crippen LogP contribution < -0.4 is 5.32 Å². The summed E-state index contributed by atoms with van der Waals surface area (Å²) in [4.78, 5) is 10.8. The number of rotatable bonds is 5. The number of hydrogen-bond acceptors (Lipinski definition) is 3. The van der Waals surface area contributed by atoms with Crippen LogP contribution in [0.15, 0.2) is 24.3 Å². The molecule has 4 heteroatoms. The molecule has 2 rings (SSSR count). The van der Waals surface area contributed by atoms with Crippen molar-refractivity contribution >= 4 is 5.97 Å². The first-order valence-electron chi connectivity index (χ1n) is 6.75. The van der Waals surface area contributed by atoms with Crippen molar-refractivity contribution in [3.05, 3.63) is 35.4 Å². The zero-order chi connectivity index (χ0) is 13.8. The van der Waals surface area contributed by atoms with Crippen molar-refractivity contribution in [1.29, 1.82) is 0 Å².